The number of benzene rings is 6. The topological polar surface area (TPSA) is 105 Å². The standard InChI is InChI=1S/C30H31F6N3OS.C29H27F6N3S.C29H32F3N3S/c1-2-18-15-39-8-6-19(18)10-27(39)25(23-5-7-37-26-4-3-17(16-40)9-24(23)26)14-28(41)38-22-12-20(29(31,32)33)11-21(13-22)30(34,35)36;1-2-17-16-38-10-8-18(17)11-26(38)24(22-7-9-36-25-6-4-3-5-23(22)25)15-27(39)37-21-13-19(28(30,31)32)12-20(14-21)29(33,34)35;1-3-19-17-35-11-9-20(19)14-27(35)25(23-8-10-33-26-7-5-4-6-24(23)26)16-28(36)34-22-13-18(2)12-21(15-22)29(30,31)32/h3-5,7,9,11-13,18-19,25,27,40H,2,6,8,10,14-16H2,1H3,(H,38,41);2-7,9,12-14,17-18,24,26H,1,8,10-11,15-16H2,(H,37,39);4-8,10,12-13,15,19-20,25,27H,3,9,11,14,16-17H2,1-2H3,(H,34,36)/t18-,19?,25-,27-;17-,18?,24-,26-;19-,20?,25-,27-/m000/s1. The minimum atomic E-state index is -4.95. The number of aliphatic hydroxyl groups is 1. The minimum Gasteiger partial charge on any atom is -0.392 e. The molecule has 4 N–H and O–H groups in total. The Balaban J connectivity index is 0.000000152. The highest BCUT2D eigenvalue weighted by Gasteiger charge is 2.48. The van der Waals surface area contributed by atoms with Crippen LogP contribution in [0.5, 0.6) is 0 Å². The number of hydrogen-bond donors (Lipinski definition) is 4. The van der Waals surface area contributed by atoms with Crippen molar-refractivity contribution in [1.29, 1.82) is 0 Å². The quantitative estimate of drug-likeness (QED) is 0.0351. The molecule has 10 nitrogen and oxygen atoms in total. The molecule has 9 saturated heterocycles. The molecule has 6 aromatic carbocycles. The highest BCUT2D eigenvalue weighted by molar-refractivity contribution is 7.81. The molecular weight excluding hydrogens is 1580 g/mol. The average molecular weight is 1670 g/mol. The Labute approximate surface area is 680 Å². The molecule has 3 aromatic heterocycles. The first-order chi connectivity index (χ1) is 55.0. The van der Waals surface area contributed by atoms with E-state index in [-0.39, 0.29) is 82.8 Å². The van der Waals surface area contributed by atoms with Gasteiger partial charge in [-0.15, -0.1) is 6.58 Å². The Morgan fingerprint density at radius 3 is 1.14 bits per heavy atom. The number of rotatable bonds is 19. The van der Waals surface area contributed by atoms with Gasteiger partial charge in [-0.05, 0) is 225 Å². The molecule has 0 aliphatic carbocycles. The lowest BCUT2D eigenvalue weighted by atomic mass is 9.69. The maximum absolute atomic E-state index is 13.4. The third-order valence-electron chi connectivity index (χ3n) is 24.7. The number of aryl methyl sites for hydroxylation is 1. The molecule has 9 aromatic rings. The van der Waals surface area contributed by atoms with E-state index in [2.05, 4.69) is 78.2 Å². The van der Waals surface area contributed by atoms with Gasteiger partial charge in [0.2, 0.25) is 0 Å². The summed E-state index contributed by atoms with van der Waals surface area (Å²) in [6.45, 7) is 15.8. The maximum Gasteiger partial charge on any atom is 0.416 e. The predicted octanol–water partition coefficient (Wildman–Crippen LogP) is 23.5. The van der Waals surface area contributed by atoms with E-state index in [1.54, 1.807) is 31.5 Å². The molecule has 116 heavy (non-hydrogen) atoms. The van der Waals surface area contributed by atoms with E-state index in [1.807, 2.05) is 79.0 Å². The average Bonchev–Trinajstić information content (AvgIpc) is 0.765. The highest BCUT2D eigenvalue weighted by Crippen LogP contribution is 2.50. The predicted molar refractivity (Wildman–Crippen MR) is 436 cm³/mol. The Bertz CT molecular complexity index is 4980. The zero-order chi connectivity index (χ0) is 82.9. The van der Waals surface area contributed by atoms with E-state index in [0.29, 0.717) is 88.1 Å². The van der Waals surface area contributed by atoms with Crippen LogP contribution in [-0.4, -0.2) is 107 Å². The first-order valence-electron chi connectivity index (χ1n) is 39.2. The van der Waals surface area contributed by atoms with E-state index in [1.165, 1.54) is 18.4 Å². The summed E-state index contributed by atoms with van der Waals surface area (Å²) in [4.78, 5) is 21.9. The molecule has 6 unspecified atom stereocenters. The maximum atomic E-state index is 13.4. The zero-order valence-corrected chi connectivity index (χ0v) is 66.4. The molecule has 15 atom stereocenters. The van der Waals surface area contributed by atoms with Crippen molar-refractivity contribution in [2.75, 3.05) is 55.2 Å². The van der Waals surface area contributed by atoms with Crippen LogP contribution >= 0.6 is 36.7 Å². The van der Waals surface area contributed by atoms with Gasteiger partial charge in [0.05, 0.1) is 65.9 Å². The summed E-state index contributed by atoms with van der Waals surface area (Å²) in [6, 6.07) is 34.8. The fourth-order valence-electron chi connectivity index (χ4n) is 19.1. The number of nitrogens with zero attached hydrogens (tertiary/aromatic N) is 6. The fraction of sp³-hybridized carbons (Fsp3) is 0.432. The van der Waals surface area contributed by atoms with Gasteiger partial charge in [-0.2, -0.15) is 65.9 Å². The van der Waals surface area contributed by atoms with Gasteiger partial charge in [0.1, 0.15) is 0 Å². The fourth-order valence-corrected chi connectivity index (χ4v) is 20.0. The van der Waals surface area contributed by atoms with E-state index in [9.17, 15) is 71.0 Å². The van der Waals surface area contributed by atoms with E-state index < -0.39 is 58.7 Å². The SMILES string of the molecule is C=C[C@H]1CN2CCC1C[C@H]2[C@@H](CC(=S)Nc1cc(C(F)(F)F)cc(C(F)(F)F)c1)c1ccnc2ccccc12.CC[C@H]1CN2CCC1C[C@H]2[C@@H](CC(=S)Nc1cc(C(F)(F)F)cc(C(F)(F)F)c1)c1ccnc2ccc(CO)cc12.CC[C@H]1CN2CCC1C[C@H]2[C@@H](CC(=S)Nc1cc(C)cc(C(F)(F)F)c1)c1ccnc2ccccc12. The number of alkyl halides is 15. The molecule has 28 heteroatoms. The van der Waals surface area contributed by atoms with E-state index in [0.717, 1.165) is 140 Å². The van der Waals surface area contributed by atoms with Gasteiger partial charge in [-0.1, -0.05) is 112 Å². The summed E-state index contributed by atoms with van der Waals surface area (Å²) in [5.41, 5.74) is 0.419. The number of aliphatic hydroxyl groups excluding tert-OH is 1. The molecule has 6 bridgehead atoms. The largest absolute Gasteiger partial charge is 0.416 e. The lowest BCUT2D eigenvalue weighted by molar-refractivity contribution is -0.144. The third-order valence-corrected chi connectivity index (χ3v) is 25.5. The number of thiocarbonyl (C=S) groups is 3. The number of piperidine rings is 9. The van der Waals surface area contributed by atoms with E-state index in [4.69, 9.17) is 36.7 Å². The Morgan fingerprint density at radius 2 is 0.793 bits per heavy atom. The monoisotopic (exact) mass is 1670 g/mol. The Hall–Kier alpha value is -8.25. The molecule has 0 saturated carbocycles. The number of fused-ring (bicyclic) bond motifs is 12. The number of para-hydroxylation sites is 2. The summed E-state index contributed by atoms with van der Waals surface area (Å²) in [5, 5.41) is 21.2. The second-order valence-electron chi connectivity index (χ2n) is 31.8. The van der Waals surface area contributed by atoms with Crippen molar-refractivity contribution in [2.45, 2.75) is 165 Å². The van der Waals surface area contributed by atoms with Crippen molar-refractivity contribution in [1.82, 2.24) is 29.7 Å². The Morgan fingerprint density at radius 1 is 0.448 bits per heavy atom. The summed E-state index contributed by atoms with van der Waals surface area (Å²) >= 11 is 17.0. The van der Waals surface area contributed by atoms with Crippen molar-refractivity contribution in [3.63, 3.8) is 0 Å². The number of hydrogen-bond acceptors (Lipinski definition) is 10. The number of nitrogens with one attached hydrogen (secondary N) is 3. The third kappa shape index (κ3) is 19.9. The normalized spacial score (nSPS) is 24.0. The molecule has 0 amide bonds. The number of pyridine rings is 3. The molecule has 9 aliphatic heterocycles. The number of aromatic nitrogens is 3. The smallest absolute Gasteiger partial charge is 0.392 e. The molecule has 9 aliphatic rings. The van der Waals surface area contributed by atoms with Gasteiger partial charge < -0.3 is 21.1 Å². The van der Waals surface area contributed by atoms with Crippen LogP contribution in [0.4, 0.5) is 82.9 Å². The molecule has 18 rings (SSSR count). The highest BCUT2D eigenvalue weighted by atomic mass is 32.1. The molecular formula is C88H90F15N9OS3. The van der Waals surface area contributed by atoms with Crippen molar-refractivity contribution < 1.29 is 71.0 Å². The molecule has 0 radical (unpaired) electrons. The van der Waals surface area contributed by atoms with Crippen LogP contribution in [0.1, 0.15) is 158 Å². The Kier molecular flexibility index (Phi) is 26.1. The summed E-state index contributed by atoms with van der Waals surface area (Å²) in [7, 11) is 0. The van der Waals surface area contributed by atoms with Crippen molar-refractivity contribution in [3.8, 4) is 0 Å². The first kappa shape index (κ1) is 85.6. The van der Waals surface area contributed by atoms with Crippen molar-refractivity contribution in [2.24, 2.45) is 35.5 Å². The number of anilines is 3. The van der Waals surface area contributed by atoms with Crippen LogP contribution in [-0.2, 0) is 37.5 Å². The molecule has 12 heterocycles. The second-order valence-corrected chi connectivity index (χ2v) is 33.3. The van der Waals surface area contributed by atoms with Crippen molar-refractivity contribution in [3.05, 3.63) is 226 Å². The minimum absolute atomic E-state index is 0.0897. The van der Waals surface area contributed by atoms with Gasteiger partial charge in [-0.25, -0.2) is 0 Å². The molecule has 0 spiro atoms. The van der Waals surface area contributed by atoms with Crippen LogP contribution in [0.3, 0.4) is 0 Å². The summed E-state index contributed by atoms with van der Waals surface area (Å²) in [5.74, 6) is 3.24. The van der Waals surface area contributed by atoms with Gasteiger partial charge >= 0.3 is 30.9 Å². The van der Waals surface area contributed by atoms with Crippen LogP contribution in [0.2, 0.25) is 0 Å². The second kappa shape index (κ2) is 35.4. The van der Waals surface area contributed by atoms with Crippen LogP contribution < -0.4 is 16.0 Å². The van der Waals surface area contributed by atoms with Crippen LogP contribution in [0, 0.1) is 42.4 Å². The molecule has 616 valence electrons. The lowest BCUT2D eigenvalue weighted by Crippen LogP contribution is -2.55. The van der Waals surface area contributed by atoms with Gasteiger partial charge in [0, 0.05) is 127 Å². The van der Waals surface area contributed by atoms with Crippen molar-refractivity contribution >= 4 is 101 Å². The van der Waals surface area contributed by atoms with Gasteiger partial charge in [0.15, 0.2) is 0 Å². The number of halogens is 15. The first-order valence-corrected chi connectivity index (χ1v) is 40.4. The summed E-state index contributed by atoms with van der Waals surface area (Å²) in [6.07, 6.45) is -7.18. The van der Waals surface area contributed by atoms with Crippen LogP contribution in [0.15, 0.2) is 171 Å². The van der Waals surface area contributed by atoms with Gasteiger partial charge in [0.25, 0.3) is 0 Å². The van der Waals surface area contributed by atoms with E-state index >= 15 is 0 Å². The summed E-state index contributed by atoms with van der Waals surface area (Å²) < 4.78 is 201. The van der Waals surface area contributed by atoms with Gasteiger partial charge in [-0.3, -0.25) is 29.7 Å². The zero-order valence-electron chi connectivity index (χ0n) is 64.0. The molecule has 9 fully saturated rings. The lowest BCUT2D eigenvalue weighted by Gasteiger charge is -2.52. The van der Waals surface area contributed by atoms with Crippen LogP contribution in [0.25, 0.3) is 32.7 Å².